The molecule has 0 radical (unpaired) electrons. The van der Waals surface area contributed by atoms with Gasteiger partial charge in [0.25, 0.3) is 5.91 Å². The SMILES string of the molecule is Cc1nc(C(F)(F)F)ccc1C(=O)Nc1ccc(NC(=O)NCC2CCCO2)cc1. The number of aryl methyl sites for hydroxylation is 1. The third-order valence-electron chi connectivity index (χ3n) is 4.54. The molecule has 1 atom stereocenters. The van der Waals surface area contributed by atoms with E-state index < -0.39 is 17.8 Å². The van der Waals surface area contributed by atoms with Gasteiger partial charge in [0.05, 0.1) is 17.4 Å². The largest absolute Gasteiger partial charge is 0.433 e. The zero-order valence-electron chi connectivity index (χ0n) is 16.2. The molecule has 0 saturated carbocycles. The van der Waals surface area contributed by atoms with Gasteiger partial charge >= 0.3 is 12.2 Å². The molecule has 1 unspecified atom stereocenters. The van der Waals surface area contributed by atoms with E-state index in [-0.39, 0.29) is 23.4 Å². The first-order valence-corrected chi connectivity index (χ1v) is 9.35. The molecule has 3 rings (SSSR count). The van der Waals surface area contributed by atoms with Crippen LogP contribution in [0.1, 0.15) is 34.6 Å². The third kappa shape index (κ3) is 5.69. The molecule has 1 aliphatic rings. The maximum absolute atomic E-state index is 12.7. The van der Waals surface area contributed by atoms with Crippen molar-refractivity contribution in [1.29, 1.82) is 0 Å². The molecule has 30 heavy (non-hydrogen) atoms. The summed E-state index contributed by atoms with van der Waals surface area (Å²) >= 11 is 0. The number of nitrogens with one attached hydrogen (secondary N) is 3. The molecule has 0 bridgehead atoms. The van der Waals surface area contributed by atoms with Gasteiger partial charge in [0.15, 0.2) is 0 Å². The number of carbonyl (C=O) groups is 2. The Hall–Kier alpha value is -3.14. The zero-order valence-corrected chi connectivity index (χ0v) is 16.2. The van der Waals surface area contributed by atoms with E-state index in [1.807, 2.05) is 0 Å². The van der Waals surface area contributed by atoms with Crippen molar-refractivity contribution in [2.24, 2.45) is 0 Å². The fraction of sp³-hybridized carbons (Fsp3) is 0.350. The summed E-state index contributed by atoms with van der Waals surface area (Å²) in [7, 11) is 0. The number of ether oxygens (including phenoxy) is 1. The van der Waals surface area contributed by atoms with E-state index in [1.54, 1.807) is 24.3 Å². The summed E-state index contributed by atoms with van der Waals surface area (Å²) in [5, 5.41) is 8.00. The predicted molar refractivity (Wildman–Crippen MR) is 104 cm³/mol. The molecule has 3 N–H and O–H groups in total. The number of carbonyl (C=O) groups excluding carboxylic acids is 2. The summed E-state index contributed by atoms with van der Waals surface area (Å²) in [5.41, 5.74) is -0.0955. The molecule has 1 aromatic carbocycles. The van der Waals surface area contributed by atoms with Crippen LogP contribution in [0, 0.1) is 6.92 Å². The number of hydrogen-bond donors (Lipinski definition) is 3. The van der Waals surface area contributed by atoms with E-state index in [0.29, 0.717) is 24.5 Å². The van der Waals surface area contributed by atoms with Crippen molar-refractivity contribution in [3.8, 4) is 0 Å². The molecule has 2 aromatic rings. The minimum atomic E-state index is -4.57. The number of amides is 3. The summed E-state index contributed by atoms with van der Waals surface area (Å²) in [5.74, 6) is -0.580. The van der Waals surface area contributed by atoms with Gasteiger partial charge in [-0.05, 0) is 56.2 Å². The fourth-order valence-corrected chi connectivity index (χ4v) is 2.98. The Balaban J connectivity index is 1.54. The Morgan fingerprint density at radius 3 is 2.33 bits per heavy atom. The summed E-state index contributed by atoms with van der Waals surface area (Å²) in [6, 6.07) is 7.83. The first-order chi connectivity index (χ1) is 14.2. The van der Waals surface area contributed by atoms with Gasteiger partial charge in [0.2, 0.25) is 0 Å². The van der Waals surface area contributed by atoms with E-state index in [4.69, 9.17) is 4.74 Å². The Morgan fingerprint density at radius 2 is 1.77 bits per heavy atom. The number of urea groups is 1. The second-order valence-corrected chi connectivity index (χ2v) is 6.83. The average Bonchev–Trinajstić information content (AvgIpc) is 3.21. The second-order valence-electron chi connectivity index (χ2n) is 6.83. The highest BCUT2D eigenvalue weighted by Gasteiger charge is 2.33. The molecular formula is C20H21F3N4O3. The number of alkyl halides is 3. The van der Waals surface area contributed by atoms with Crippen molar-refractivity contribution in [2.45, 2.75) is 32.0 Å². The molecule has 3 amide bonds. The lowest BCUT2D eigenvalue weighted by atomic mass is 10.1. The monoisotopic (exact) mass is 422 g/mol. The van der Waals surface area contributed by atoms with Crippen molar-refractivity contribution < 1.29 is 27.5 Å². The minimum Gasteiger partial charge on any atom is -0.376 e. The van der Waals surface area contributed by atoms with Crippen LogP contribution in [0.3, 0.4) is 0 Å². The fourth-order valence-electron chi connectivity index (χ4n) is 2.98. The number of aromatic nitrogens is 1. The number of anilines is 2. The van der Waals surface area contributed by atoms with E-state index in [2.05, 4.69) is 20.9 Å². The standard InChI is InChI=1S/C20H21F3N4O3/c1-12-16(8-9-17(25-12)20(21,22)23)18(28)26-13-4-6-14(7-5-13)27-19(29)24-11-15-3-2-10-30-15/h4-9,15H,2-3,10-11H2,1H3,(H,26,28)(H2,24,27,29). The maximum atomic E-state index is 12.7. The lowest BCUT2D eigenvalue weighted by Crippen LogP contribution is -2.35. The van der Waals surface area contributed by atoms with Gasteiger partial charge in [-0.2, -0.15) is 13.2 Å². The molecule has 0 aliphatic carbocycles. The lowest BCUT2D eigenvalue weighted by Gasteiger charge is -2.12. The lowest BCUT2D eigenvalue weighted by molar-refractivity contribution is -0.141. The molecule has 2 heterocycles. The van der Waals surface area contributed by atoms with Crippen LogP contribution in [0.25, 0.3) is 0 Å². The van der Waals surface area contributed by atoms with Crippen molar-refractivity contribution in [2.75, 3.05) is 23.8 Å². The van der Waals surface area contributed by atoms with Gasteiger partial charge in [-0.15, -0.1) is 0 Å². The average molecular weight is 422 g/mol. The maximum Gasteiger partial charge on any atom is 0.433 e. The third-order valence-corrected chi connectivity index (χ3v) is 4.54. The Morgan fingerprint density at radius 1 is 1.10 bits per heavy atom. The highest BCUT2D eigenvalue weighted by Crippen LogP contribution is 2.28. The Bertz CT molecular complexity index is 911. The molecular weight excluding hydrogens is 401 g/mol. The minimum absolute atomic E-state index is 0.0245. The highest BCUT2D eigenvalue weighted by molar-refractivity contribution is 6.05. The van der Waals surface area contributed by atoms with E-state index in [9.17, 15) is 22.8 Å². The molecule has 7 nitrogen and oxygen atoms in total. The van der Waals surface area contributed by atoms with Gasteiger partial charge in [0.1, 0.15) is 5.69 Å². The van der Waals surface area contributed by atoms with Crippen molar-refractivity contribution in [1.82, 2.24) is 10.3 Å². The highest BCUT2D eigenvalue weighted by atomic mass is 19.4. The number of benzene rings is 1. The molecule has 160 valence electrons. The summed E-state index contributed by atoms with van der Waals surface area (Å²) < 4.78 is 43.5. The second kappa shape index (κ2) is 9.12. The smallest absolute Gasteiger partial charge is 0.376 e. The van der Waals surface area contributed by atoms with E-state index >= 15 is 0 Å². The topological polar surface area (TPSA) is 92.4 Å². The van der Waals surface area contributed by atoms with Crippen molar-refractivity contribution in [3.05, 3.63) is 53.3 Å². The van der Waals surface area contributed by atoms with Crippen molar-refractivity contribution >= 4 is 23.3 Å². The Labute approximate surface area is 171 Å². The van der Waals surface area contributed by atoms with Gasteiger partial charge in [0, 0.05) is 24.5 Å². The normalized spacial score (nSPS) is 16.2. The van der Waals surface area contributed by atoms with Gasteiger partial charge in [-0.25, -0.2) is 9.78 Å². The molecule has 1 fully saturated rings. The quantitative estimate of drug-likeness (QED) is 0.680. The number of rotatable bonds is 5. The van der Waals surface area contributed by atoms with E-state index in [1.165, 1.54) is 6.92 Å². The van der Waals surface area contributed by atoms with Crippen LogP contribution in [0.2, 0.25) is 0 Å². The van der Waals surface area contributed by atoms with Gasteiger partial charge < -0.3 is 20.7 Å². The van der Waals surface area contributed by atoms with Crippen LogP contribution in [-0.4, -0.2) is 36.2 Å². The summed E-state index contributed by atoms with van der Waals surface area (Å²) in [6.07, 6.45) is -2.62. The van der Waals surface area contributed by atoms with Crippen LogP contribution in [0.5, 0.6) is 0 Å². The van der Waals surface area contributed by atoms with Crippen LogP contribution in [0.4, 0.5) is 29.3 Å². The zero-order chi connectivity index (χ0) is 21.7. The molecule has 1 aliphatic heterocycles. The number of halogens is 3. The molecule has 1 saturated heterocycles. The number of pyridine rings is 1. The molecule has 10 heteroatoms. The molecule has 1 aromatic heterocycles. The first kappa shape index (κ1) is 21.6. The number of nitrogens with zero attached hydrogens (tertiary/aromatic N) is 1. The van der Waals surface area contributed by atoms with Crippen LogP contribution >= 0.6 is 0 Å². The Kier molecular flexibility index (Phi) is 6.56. The van der Waals surface area contributed by atoms with Crippen molar-refractivity contribution in [3.63, 3.8) is 0 Å². The summed E-state index contributed by atoms with van der Waals surface area (Å²) in [6.45, 7) is 2.48. The van der Waals surface area contributed by atoms with Crippen LogP contribution in [0.15, 0.2) is 36.4 Å². The van der Waals surface area contributed by atoms with Crippen LogP contribution in [-0.2, 0) is 10.9 Å². The van der Waals surface area contributed by atoms with Gasteiger partial charge in [-0.1, -0.05) is 0 Å². The van der Waals surface area contributed by atoms with E-state index in [0.717, 1.165) is 25.0 Å². The van der Waals surface area contributed by atoms with Gasteiger partial charge in [-0.3, -0.25) is 4.79 Å². The van der Waals surface area contributed by atoms with Crippen LogP contribution < -0.4 is 16.0 Å². The molecule has 0 spiro atoms. The predicted octanol–water partition coefficient (Wildman–Crippen LogP) is 3.96. The summed E-state index contributed by atoms with van der Waals surface area (Å²) in [4.78, 5) is 27.7. The first-order valence-electron chi connectivity index (χ1n) is 9.35. The number of hydrogen-bond acceptors (Lipinski definition) is 4.